The molecule has 0 aromatic heterocycles. The van der Waals surface area contributed by atoms with Crippen molar-refractivity contribution < 1.29 is 9.59 Å². The summed E-state index contributed by atoms with van der Waals surface area (Å²) in [5.41, 5.74) is 2.39. The van der Waals surface area contributed by atoms with E-state index in [0.717, 1.165) is 6.42 Å². The van der Waals surface area contributed by atoms with Crippen molar-refractivity contribution >= 4 is 17.5 Å². The lowest BCUT2D eigenvalue weighted by Crippen LogP contribution is -2.28. The van der Waals surface area contributed by atoms with Gasteiger partial charge in [-0.2, -0.15) is 0 Å². The molecule has 0 saturated carbocycles. The topological polar surface area (TPSA) is 58.2 Å². The molecule has 0 saturated heterocycles. The summed E-state index contributed by atoms with van der Waals surface area (Å²) in [5, 5.41) is 5.66. The van der Waals surface area contributed by atoms with Gasteiger partial charge in [0, 0.05) is 30.6 Å². The number of hydrogen-bond donors (Lipinski definition) is 2. The average molecular weight is 310 g/mol. The van der Waals surface area contributed by atoms with Crippen LogP contribution in [0.5, 0.6) is 0 Å². The van der Waals surface area contributed by atoms with Crippen molar-refractivity contribution in [2.45, 2.75) is 26.2 Å². The molecule has 0 aliphatic carbocycles. The predicted octanol–water partition coefficient (Wildman–Crippen LogP) is 3.57. The molecule has 4 heteroatoms. The first-order valence-electron chi connectivity index (χ1n) is 7.81. The van der Waals surface area contributed by atoms with E-state index in [0.29, 0.717) is 23.7 Å². The maximum atomic E-state index is 12.3. The predicted molar refractivity (Wildman–Crippen MR) is 92.6 cm³/mol. The van der Waals surface area contributed by atoms with Crippen LogP contribution in [0.2, 0.25) is 0 Å². The van der Waals surface area contributed by atoms with E-state index in [1.807, 2.05) is 18.2 Å². The molecule has 0 heterocycles. The van der Waals surface area contributed by atoms with E-state index >= 15 is 0 Å². The van der Waals surface area contributed by atoms with Crippen LogP contribution in [0.4, 0.5) is 5.69 Å². The van der Waals surface area contributed by atoms with Crippen molar-refractivity contribution in [2.75, 3.05) is 11.9 Å². The summed E-state index contributed by atoms with van der Waals surface area (Å²) in [4.78, 5) is 23.4. The Hall–Kier alpha value is -2.62. The van der Waals surface area contributed by atoms with Gasteiger partial charge in [-0.3, -0.25) is 9.59 Å². The number of hydrogen-bond acceptors (Lipinski definition) is 2. The summed E-state index contributed by atoms with van der Waals surface area (Å²) in [6, 6.07) is 17.1. The van der Waals surface area contributed by atoms with E-state index in [-0.39, 0.29) is 11.8 Å². The summed E-state index contributed by atoms with van der Waals surface area (Å²) in [5.74, 6) is 0.00273. The number of amides is 2. The molecule has 0 spiro atoms. The Morgan fingerprint density at radius 3 is 2.43 bits per heavy atom. The third kappa shape index (κ3) is 4.95. The normalized spacial score (nSPS) is 11.6. The quantitative estimate of drug-likeness (QED) is 0.857. The Bertz CT molecular complexity index is 668. The van der Waals surface area contributed by atoms with Crippen LogP contribution in [0.3, 0.4) is 0 Å². The van der Waals surface area contributed by atoms with Crippen LogP contribution in [-0.2, 0) is 4.79 Å². The molecular weight excluding hydrogens is 288 g/mol. The summed E-state index contributed by atoms with van der Waals surface area (Å²) < 4.78 is 0. The SMILES string of the molecule is CC[C@@H](CNC(=O)c1cccc(NC(C)=O)c1)c1ccccc1. The highest BCUT2D eigenvalue weighted by Crippen LogP contribution is 2.18. The van der Waals surface area contributed by atoms with Gasteiger partial charge in [0.1, 0.15) is 0 Å². The van der Waals surface area contributed by atoms with E-state index < -0.39 is 0 Å². The van der Waals surface area contributed by atoms with Crippen LogP contribution in [0.25, 0.3) is 0 Å². The zero-order valence-corrected chi connectivity index (χ0v) is 13.5. The standard InChI is InChI=1S/C19H22N2O2/c1-3-15(16-8-5-4-6-9-16)13-20-19(23)17-10-7-11-18(12-17)21-14(2)22/h4-12,15H,3,13H2,1-2H3,(H,20,23)(H,21,22)/t15-/m0/s1. The van der Waals surface area contributed by atoms with Gasteiger partial charge < -0.3 is 10.6 Å². The van der Waals surface area contributed by atoms with Crippen molar-refractivity contribution in [3.8, 4) is 0 Å². The molecule has 2 rings (SSSR count). The lowest BCUT2D eigenvalue weighted by atomic mass is 9.96. The van der Waals surface area contributed by atoms with Gasteiger partial charge in [-0.1, -0.05) is 43.3 Å². The number of anilines is 1. The molecule has 2 amide bonds. The van der Waals surface area contributed by atoms with Gasteiger partial charge >= 0.3 is 0 Å². The van der Waals surface area contributed by atoms with Gasteiger partial charge in [-0.15, -0.1) is 0 Å². The molecule has 0 unspecified atom stereocenters. The smallest absolute Gasteiger partial charge is 0.251 e. The van der Waals surface area contributed by atoms with E-state index in [1.54, 1.807) is 24.3 Å². The molecule has 0 fully saturated rings. The second-order valence-electron chi connectivity index (χ2n) is 5.49. The number of nitrogens with one attached hydrogen (secondary N) is 2. The lowest BCUT2D eigenvalue weighted by Gasteiger charge is -2.16. The van der Waals surface area contributed by atoms with E-state index in [1.165, 1.54) is 12.5 Å². The Kier molecular flexibility index (Phi) is 5.92. The van der Waals surface area contributed by atoms with Gasteiger partial charge in [-0.05, 0) is 30.2 Å². The third-order valence-electron chi connectivity index (χ3n) is 3.72. The lowest BCUT2D eigenvalue weighted by molar-refractivity contribution is -0.114. The maximum Gasteiger partial charge on any atom is 0.251 e. The second-order valence-corrected chi connectivity index (χ2v) is 5.49. The monoisotopic (exact) mass is 310 g/mol. The van der Waals surface area contributed by atoms with Crippen LogP contribution in [0, 0.1) is 0 Å². The number of carbonyl (C=O) groups excluding carboxylic acids is 2. The summed E-state index contributed by atoms with van der Waals surface area (Å²) in [6.07, 6.45) is 0.955. The fourth-order valence-corrected chi connectivity index (χ4v) is 2.48. The Labute approximate surface area is 136 Å². The molecule has 0 aliphatic heterocycles. The van der Waals surface area contributed by atoms with Gasteiger partial charge in [0.25, 0.3) is 5.91 Å². The first kappa shape index (κ1) is 16.7. The first-order chi connectivity index (χ1) is 11.1. The Morgan fingerprint density at radius 1 is 1.04 bits per heavy atom. The highest BCUT2D eigenvalue weighted by atomic mass is 16.2. The molecular formula is C19H22N2O2. The van der Waals surface area contributed by atoms with Crippen molar-refractivity contribution in [2.24, 2.45) is 0 Å². The third-order valence-corrected chi connectivity index (χ3v) is 3.72. The Balaban J connectivity index is 2.00. The molecule has 23 heavy (non-hydrogen) atoms. The molecule has 2 N–H and O–H groups in total. The van der Waals surface area contributed by atoms with Crippen LogP contribution in [0.1, 0.15) is 42.1 Å². The largest absolute Gasteiger partial charge is 0.351 e. The molecule has 120 valence electrons. The minimum absolute atomic E-state index is 0.133. The van der Waals surface area contributed by atoms with Crippen molar-refractivity contribution in [1.29, 1.82) is 0 Å². The van der Waals surface area contributed by atoms with Gasteiger partial charge in [0.05, 0.1) is 0 Å². The maximum absolute atomic E-state index is 12.3. The van der Waals surface area contributed by atoms with Crippen LogP contribution < -0.4 is 10.6 Å². The Morgan fingerprint density at radius 2 is 1.78 bits per heavy atom. The first-order valence-corrected chi connectivity index (χ1v) is 7.81. The molecule has 1 atom stereocenters. The van der Waals surface area contributed by atoms with Crippen molar-refractivity contribution in [1.82, 2.24) is 5.32 Å². The summed E-state index contributed by atoms with van der Waals surface area (Å²) in [6.45, 7) is 4.14. The molecule has 2 aromatic rings. The van der Waals surface area contributed by atoms with Crippen molar-refractivity contribution in [3.05, 3.63) is 65.7 Å². The van der Waals surface area contributed by atoms with Gasteiger partial charge in [0.2, 0.25) is 5.91 Å². The minimum atomic E-state index is -0.155. The molecule has 0 aliphatic rings. The van der Waals surface area contributed by atoms with Crippen LogP contribution in [0.15, 0.2) is 54.6 Å². The zero-order valence-electron chi connectivity index (χ0n) is 13.5. The van der Waals surface area contributed by atoms with E-state index in [9.17, 15) is 9.59 Å². The van der Waals surface area contributed by atoms with Crippen molar-refractivity contribution in [3.63, 3.8) is 0 Å². The average Bonchev–Trinajstić information content (AvgIpc) is 2.56. The van der Waals surface area contributed by atoms with Crippen LogP contribution >= 0.6 is 0 Å². The molecule has 0 bridgehead atoms. The highest BCUT2D eigenvalue weighted by Gasteiger charge is 2.12. The van der Waals surface area contributed by atoms with Gasteiger partial charge in [-0.25, -0.2) is 0 Å². The van der Waals surface area contributed by atoms with E-state index in [4.69, 9.17) is 0 Å². The zero-order chi connectivity index (χ0) is 16.7. The van der Waals surface area contributed by atoms with Gasteiger partial charge in [0.15, 0.2) is 0 Å². The summed E-state index contributed by atoms with van der Waals surface area (Å²) >= 11 is 0. The number of rotatable bonds is 6. The molecule has 2 aromatic carbocycles. The number of benzene rings is 2. The summed E-state index contributed by atoms with van der Waals surface area (Å²) in [7, 11) is 0. The van der Waals surface area contributed by atoms with Crippen LogP contribution in [-0.4, -0.2) is 18.4 Å². The van der Waals surface area contributed by atoms with E-state index in [2.05, 4.69) is 29.7 Å². The fourth-order valence-electron chi connectivity index (χ4n) is 2.48. The second kappa shape index (κ2) is 8.13. The molecule has 0 radical (unpaired) electrons. The minimum Gasteiger partial charge on any atom is -0.351 e. The number of carbonyl (C=O) groups is 2. The molecule has 4 nitrogen and oxygen atoms in total. The highest BCUT2D eigenvalue weighted by molar-refractivity contribution is 5.96. The fraction of sp³-hybridized carbons (Fsp3) is 0.263.